The number of methoxy groups -OCH3 is 2. The number of hydrazine groups is 1. The van der Waals surface area contributed by atoms with Crippen molar-refractivity contribution < 1.29 is 18.6 Å². The molecule has 2 aliphatic rings. The first-order valence-corrected chi connectivity index (χ1v) is 13.6. The van der Waals surface area contributed by atoms with E-state index >= 15 is 0 Å². The third-order valence-electron chi connectivity index (χ3n) is 6.15. The summed E-state index contributed by atoms with van der Waals surface area (Å²) < 4.78 is 32.8. The van der Waals surface area contributed by atoms with Crippen LogP contribution in [0.2, 0.25) is 0 Å². The van der Waals surface area contributed by atoms with Crippen molar-refractivity contribution in [3.63, 3.8) is 0 Å². The minimum Gasteiger partial charge on any atom is -0.497 e. The minimum atomic E-state index is -2.48. The van der Waals surface area contributed by atoms with Crippen LogP contribution in [-0.4, -0.2) is 74.6 Å². The van der Waals surface area contributed by atoms with Crippen molar-refractivity contribution >= 4 is 16.4 Å². The maximum absolute atomic E-state index is 10.00. The maximum Gasteiger partial charge on any atom is 0.164 e. The lowest BCUT2D eigenvalue weighted by molar-refractivity contribution is 0.247. The summed E-state index contributed by atoms with van der Waals surface area (Å²) in [6.45, 7) is 1.06. The average Bonchev–Trinajstić information content (AvgIpc) is 3.59. The third-order valence-corrected chi connectivity index (χ3v) is 7.82. The van der Waals surface area contributed by atoms with Crippen LogP contribution in [0.15, 0.2) is 59.6 Å². The number of aliphatic imine (C=N–C) groups is 1. The van der Waals surface area contributed by atoms with Gasteiger partial charge in [-0.15, -0.1) is 0 Å². The number of hydrogen-bond acceptors (Lipinski definition) is 7. The quantitative estimate of drug-likeness (QED) is 0.334. The van der Waals surface area contributed by atoms with Crippen LogP contribution in [0, 0.1) is 0 Å². The first-order chi connectivity index (χ1) is 17.0. The fraction of sp³-hybridized carbons (Fsp3) is 0.360. The van der Waals surface area contributed by atoms with E-state index in [4.69, 9.17) is 19.6 Å². The molecule has 3 N–H and O–H groups in total. The highest BCUT2D eigenvalue weighted by molar-refractivity contribution is 8.24. The van der Waals surface area contributed by atoms with E-state index in [1.807, 2.05) is 64.3 Å². The van der Waals surface area contributed by atoms with E-state index < -0.39 is 10.6 Å². The van der Waals surface area contributed by atoms with Crippen molar-refractivity contribution in [1.82, 2.24) is 20.2 Å². The lowest BCUT2D eigenvalue weighted by Gasteiger charge is -2.41. The molecule has 1 aliphatic heterocycles. The molecule has 9 nitrogen and oxygen atoms in total. The Bertz CT molecular complexity index is 1200. The highest BCUT2D eigenvalue weighted by Gasteiger charge is 2.27. The molecule has 0 atom stereocenters. The monoisotopic (exact) mass is 497 g/mol. The Morgan fingerprint density at radius 2 is 1.74 bits per heavy atom. The highest BCUT2D eigenvalue weighted by Crippen LogP contribution is 2.40. The number of amidine groups is 1. The maximum atomic E-state index is 10.00. The smallest absolute Gasteiger partial charge is 0.164 e. The molecule has 2 aromatic carbocycles. The van der Waals surface area contributed by atoms with Gasteiger partial charge in [0.15, 0.2) is 5.84 Å². The van der Waals surface area contributed by atoms with Gasteiger partial charge in [-0.05, 0) is 55.3 Å². The minimum absolute atomic E-state index is 0.281. The summed E-state index contributed by atoms with van der Waals surface area (Å²) in [7, 11) is 0.822. The van der Waals surface area contributed by atoms with Gasteiger partial charge in [0.05, 0.1) is 37.5 Å². The molecular weight excluding hydrogens is 466 g/mol. The number of benzene rings is 2. The molecule has 5 rings (SSSR count). The Balaban J connectivity index is 1.55. The summed E-state index contributed by atoms with van der Waals surface area (Å²) in [6, 6.07) is 18.0. The van der Waals surface area contributed by atoms with E-state index in [9.17, 15) is 9.11 Å². The predicted molar refractivity (Wildman–Crippen MR) is 139 cm³/mol. The lowest BCUT2D eigenvalue weighted by Crippen LogP contribution is -2.49. The zero-order valence-electron chi connectivity index (χ0n) is 19.9. The predicted octanol–water partition coefficient (Wildman–Crippen LogP) is 4.04. The molecule has 10 heteroatoms. The molecule has 0 spiro atoms. The molecule has 0 amide bonds. The zero-order chi connectivity index (χ0) is 24.4. The van der Waals surface area contributed by atoms with Crippen LogP contribution in [0.5, 0.6) is 11.5 Å². The van der Waals surface area contributed by atoms with Crippen LogP contribution < -0.4 is 14.9 Å². The molecule has 1 aliphatic carbocycles. The van der Waals surface area contributed by atoms with Crippen molar-refractivity contribution in [2.24, 2.45) is 4.99 Å². The SMILES string of the molecule is COc1ccc(-c2cc(C(=NC3CC3)NN3CCS(O)(O)CC3)nn2-c2ccccc2OC)cc1. The Labute approximate surface area is 206 Å². The topological polar surface area (TPSA) is 104 Å². The Hall–Kier alpha value is -3.05. The molecular formula is C25H31N5O4S. The fourth-order valence-corrected chi connectivity index (χ4v) is 5.21. The second-order valence-corrected chi connectivity index (χ2v) is 11.2. The van der Waals surface area contributed by atoms with E-state index in [1.54, 1.807) is 14.2 Å². The van der Waals surface area contributed by atoms with Gasteiger partial charge in [-0.3, -0.25) is 14.1 Å². The van der Waals surface area contributed by atoms with Crippen LogP contribution in [0.1, 0.15) is 18.5 Å². The van der Waals surface area contributed by atoms with Gasteiger partial charge < -0.3 is 14.9 Å². The van der Waals surface area contributed by atoms with Gasteiger partial charge in [0.1, 0.15) is 22.9 Å². The molecule has 1 aromatic heterocycles. The van der Waals surface area contributed by atoms with Gasteiger partial charge in [0.2, 0.25) is 0 Å². The molecule has 2 heterocycles. The lowest BCUT2D eigenvalue weighted by atomic mass is 10.1. The number of para-hydroxylation sites is 2. The van der Waals surface area contributed by atoms with Crippen LogP contribution in [-0.2, 0) is 0 Å². The van der Waals surface area contributed by atoms with E-state index in [2.05, 4.69) is 5.43 Å². The largest absolute Gasteiger partial charge is 0.497 e. The second kappa shape index (κ2) is 9.90. The van der Waals surface area contributed by atoms with Crippen LogP contribution in [0.25, 0.3) is 16.9 Å². The molecule has 2 fully saturated rings. The summed E-state index contributed by atoms with van der Waals surface area (Å²) in [5.74, 6) is 2.89. The van der Waals surface area contributed by atoms with Crippen molar-refractivity contribution in [3.05, 3.63) is 60.3 Å². The summed E-state index contributed by atoms with van der Waals surface area (Å²) in [6.07, 6.45) is 2.12. The van der Waals surface area contributed by atoms with Gasteiger partial charge in [-0.2, -0.15) is 15.7 Å². The molecule has 35 heavy (non-hydrogen) atoms. The summed E-state index contributed by atoms with van der Waals surface area (Å²) >= 11 is 0. The summed E-state index contributed by atoms with van der Waals surface area (Å²) in [5, 5.41) is 6.97. The van der Waals surface area contributed by atoms with Crippen molar-refractivity contribution in [2.45, 2.75) is 18.9 Å². The van der Waals surface area contributed by atoms with Crippen molar-refractivity contribution in [2.75, 3.05) is 38.8 Å². The molecule has 0 unspecified atom stereocenters. The van der Waals surface area contributed by atoms with Crippen molar-refractivity contribution in [3.8, 4) is 28.4 Å². The molecule has 1 saturated heterocycles. The van der Waals surface area contributed by atoms with Crippen LogP contribution >= 0.6 is 10.6 Å². The van der Waals surface area contributed by atoms with Crippen LogP contribution in [0.4, 0.5) is 0 Å². The van der Waals surface area contributed by atoms with Gasteiger partial charge in [0.25, 0.3) is 0 Å². The average molecular weight is 498 g/mol. The van der Waals surface area contributed by atoms with E-state index in [0.29, 0.717) is 41.9 Å². The fourth-order valence-electron chi connectivity index (χ4n) is 3.98. The van der Waals surface area contributed by atoms with E-state index in [0.717, 1.165) is 35.5 Å². The molecule has 186 valence electrons. The summed E-state index contributed by atoms with van der Waals surface area (Å²) in [4.78, 5) is 4.92. The normalized spacial score (nSPS) is 19.3. The van der Waals surface area contributed by atoms with Gasteiger partial charge in [-0.25, -0.2) is 9.69 Å². The first kappa shape index (κ1) is 23.7. The first-order valence-electron chi connectivity index (χ1n) is 11.7. The summed E-state index contributed by atoms with van der Waals surface area (Å²) in [5.41, 5.74) is 6.83. The molecule has 0 bridgehead atoms. The third kappa shape index (κ3) is 5.46. The van der Waals surface area contributed by atoms with Gasteiger partial charge in [-0.1, -0.05) is 12.1 Å². The Morgan fingerprint density at radius 1 is 1.03 bits per heavy atom. The van der Waals surface area contributed by atoms with Gasteiger partial charge in [0, 0.05) is 18.7 Å². The Morgan fingerprint density at radius 3 is 2.40 bits per heavy atom. The molecule has 3 aromatic rings. The standard InChI is InChI=1S/C25H31N5O4S/c1-33-20-11-7-18(8-12-20)23-17-21(27-30(23)22-5-3-4-6-24(22)34-2)25(26-19-9-10-19)28-29-13-15-35(31,32)16-14-29/h3-8,11-12,17,19,31-32H,9-10,13-16H2,1-2H3,(H,26,28). The van der Waals surface area contributed by atoms with Gasteiger partial charge >= 0.3 is 0 Å². The Kier molecular flexibility index (Phi) is 6.70. The van der Waals surface area contributed by atoms with Crippen molar-refractivity contribution in [1.29, 1.82) is 0 Å². The molecule has 1 saturated carbocycles. The number of rotatable bonds is 7. The number of hydrogen-bond donors (Lipinski definition) is 3. The van der Waals surface area contributed by atoms with Crippen LogP contribution in [0.3, 0.4) is 0 Å². The second-order valence-electron chi connectivity index (χ2n) is 8.75. The number of ether oxygens (including phenoxy) is 2. The number of nitrogens with one attached hydrogen (secondary N) is 1. The number of aromatic nitrogens is 2. The van der Waals surface area contributed by atoms with E-state index in [-0.39, 0.29) is 6.04 Å². The molecule has 0 radical (unpaired) electrons. The highest BCUT2D eigenvalue weighted by atomic mass is 32.3. The zero-order valence-corrected chi connectivity index (χ0v) is 20.7. The van der Waals surface area contributed by atoms with E-state index in [1.165, 1.54) is 0 Å². The number of nitrogens with zero attached hydrogens (tertiary/aromatic N) is 4.